The van der Waals surface area contributed by atoms with E-state index in [1.807, 2.05) is 13.0 Å². The van der Waals surface area contributed by atoms with Gasteiger partial charge < -0.3 is 14.7 Å². The Balaban J connectivity index is 1.84. The number of likely N-dealkylation sites (tertiary alicyclic amines) is 1. The summed E-state index contributed by atoms with van der Waals surface area (Å²) in [6.45, 7) is 2.64. The summed E-state index contributed by atoms with van der Waals surface area (Å²) in [7, 11) is 0. The van der Waals surface area contributed by atoms with Crippen LogP contribution in [0.3, 0.4) is 0 Å². The predicted octanol–water partition coefficient (Wildman–Crippen LogP) is 2.85. The quantitative estimate of drug-likeness (QED) is 0.317. The normalized spacial score (nSPS) is 17.4. The van der Waals surface area contributed by atoms with Crippen LogP contribution in [0.5, 0.6) is 5.75 Å². The highest BCUT2D eigenvalue weighted by Crippen LogP contribution is 2.40. The highest BCUT2D eigenvalue weighted by Gasteiger charge is 2.44. The van der Waals surface area contributed by atoms with Crippen molar-refractivity contribution in [3.05, 3.63) is 101 Å². The molecule has 1 fully saturated rings. The Labute approximate surface area is 191 Å². The molecule has 0 spiro atoms. The molecule has 4 rings (SSSR count). The number of carbonyl (C=O) groups excluding carboxylic acids is 2. The van der Waals surface area contributed by atoms with Gasteiger partial charge in [0, 0.05) is 17.2 Å². The van der Waals surface area contributed by atoms with Gasteiger partial charge in [-0.15, -0.1) is 0 Å². The number of amides is 1. The lowest BCUT2D eigenvalue weighted by atomic mass is 9.95. The molecule has 0 bridgehead atoms. The van der Waals surface area contributed by atoms with Gasteiger partial charge in [0.25, 0.3) is 5.91 Å². The zero-order valence-electron chi connectivity index (χ0n) is 18.1. The fourth-order valence-electron chi connectivity index (χ4n) is 3.86. The number of benzene rings is 2. The summed E-state index contributed by atoms with van der Waals surface area (Å²) in [5, 5.41) is 13.4. The zero-order chi connectivity index (χ0) is 23.4. The number of ether oxygens (including phenoxy) is 1. The van der Waals surface area contributed by atoms with Crippen LogP contribution in [-0.2, 0) is 16.1 Å². The van der Waals surface area contributed by atoms with Gasteiger partial charge in [-0.25, -0.2) is 9.37 Å². The zero-order valence-corrected chi connectivity index (χ0v) is 18.1. The Bertz CT molecular complexity index is 1190. The third-order valence-corrected chi connectivity index (χ3v) is 5.41. The van der Waals surface area contributed by atoms with E-state index in [1.54, 1.807) is 42.7 Å². The lowest BCUT2D eigenvalue weighted by Gasteiger charge is -2.27. The van der Waals surface area contributed by atoms with Gasteiger partial charge in [-0.2, -0.15) is 0 Å². The van der Waals surface area contributed by atoms with Crippen molar-refractivity contribution in [3.63, 3.8) is 0 Å². The molecular formula is C26H23FN2O4. The first-order chi connectivity index (χ1) is 16.0. The van der Waals surface area contributed by atoms with Crippen LogP contribution < -0.4 is 14.8 Å². The molecule has 1 atom stereocenters. The highest BCUT2D eigenvalue weighted by molar-refractivity contribution is 6.46. The van der Waals surface area contributed by atoms with Crippen molar-refractivity contribution in [1.82, 2.24) is 4.90 Å². The van der Waals surface area contributed by atoms with Crippen LogP contribution in [0.15, 0.2) is 78.6 Å². The maximum absolute atomic E-state index is 13.4. The molecule has 1 aliphatic heterocycles. The first-order valence-corrected chi connectivity index (χ1v) is 10.7. The highest BCUT2D eigenvalue weighted by atomic mass is 19.1. The van der Waals surface area contributed by atoms with Crippen molar-refractivity contribution in [1.29, 1.82) is 0 Å². The van der Waals surface area contributed by atoms with Crippen LogP contribution in [0.1, 0.15) is 36.1 Å². The van der Waals surface area contributed by atoms with Crippen molar-refractivity contribution < 1.29 is 28.8 Å². The first-order valence-electron chi connectivity index (χ1n) is 10.7. The molecule has 6 nitrogen and oxygen atoms in total. The van der Waals surface area contributed by atoms with Crippen molar-refractivity contribution >= 4 is 17.4 Å². The maximum Gasteiger partial charge on any atom is 0.295 e. The number of nitrogens with zero attached hydrogens (tertiary/aromatic N) is 1. The van der Waals surface area contributed by atoms with Crippen LogP contribution in [0.25, 0.3) is 5.76 Å². The summed E-state index contributed by atoms with van der Waals surface area (Å²) in [6, 6.07) is 14.7. The Hall–Kier alpha value is -4.00. The number of Topliss-reactive ketones (excluding diaryl/α,β-unsaturated/α-hetero) is 1. The molecule has 168 valence electrons. The number of H-pyrrole nitrogens is 1. The summed E-state index contributed by atoms with van der Waals surface area (Å²) in [4.78, 5) is 30.5. The summed E-state index contributed by atoms with van der Waals surface area (Å²) >= 11 is 0. The number of hydrogen-bond acceptors (Lipinski definition) is 4. The molecule has 2 aromatic carbocycles. The van der Waals surface area contributed by atoms with Gasteiger partial charge in [-0.3, -0.25) is 9.59 Å². The average Bonchev–Trinajstić information content (AvgIpc) is 3.08. The monoisotopic (exact) mass is 446 g/mol. The molecule has 0 saturated carbocycles. The van der Waals surface area contributed by atoms with Gasteiger partial charge >= 0.3 is 0 Å². The molecule has 1 aliphatic rings. The standard InChI is InChI=1S/C26H23FN2O4/c1-2-13-33-21-7-3-6-19(14-21)23-22(24(30)18-8-10-20(27)11-9-18)25(31)26(32)29(23)16-17-5-4-12-28-15-17/h3-12,14-15,23,30H,2,13,16H2,1H3. The fraction of sp³-hybridized carbons (Fsp3) is 0.192. The van der Waals surface area contributed by atoms with E-state index >= 15 is 0 Å². The molecular weight excluding hydrogens is 423 g/mol. The second-order valence-electron chi connectivity index (χ2n) is 7.75. The SMILES string of the molecule is CCCOc1cccc(C2C(=C([O-])c3ccc(F)cc3)C(=O)C(=O)N2Cc2ccc[nH+]c2)c1. The van der Waals surface area contributed by atoms with Crippen molar-refractivity contribution in [3.8, 4) is 5.75 Å². The number of aromatic nitrogens is 1. The fourth-order valence-corrected chi connectivity index (χ4v) is 3.86. The van der Waals surface area contributed by atoms with Crippen LogP contribution in [0.2, 0.25) is 0 Å². The summed E-state index contributed by atoms with van der Waals surface area (Å²) in [5.41, 5.74) is 1.36. The van der Waals surface area contributed by atoms with Crippen molar-refractivity contribution in [2.24, 2.45) is 0 Å². The summed E-state index contributed by atoms with van der Waals surface area (Å²) < 4.78 is 19.1. The third-order valence-electron chi connectivity index (χ3n) is 5.41. The van der Waals surface area contributed by atoms with E-state index in [9.17, 15) is 19.1 Å². The molecule has 2 heterocycles. The second kappa shape index (κ2) is 9.65. The number of hydrogen-bond donors (Lipinski definition) is 0. The Morgan fingerprint density at radius 2 is 1.91 bits per heavy atom. The number of rotatable bonds is 7. The van der Waals surface area contributed by atoms with Gasteiger partial charge in [0.1, 0.15) is 11.6 Å². The van der Waals surface area contributed by atoms with Crippen LogP contribution in [0.4, 0.5) is 4.39 Å². The van der Waals surface area contributed by atoms with E-state index in [4.69, 9.17) is 4.74 Å². The van der Waals surface area contributed by atoms with Crippen LogP contribution >= 0.6 is 0 Å². The minimum absolute atomic E-state index is 0.132. The third kappa shape index (κ3) is 4.62. The van der Waals surface area contributed by atoms with E-state index in [2.05, 4.69) is 4.98 Å². The predicted molar refractivity (Wildman–Crippen MR) is 117 cm³/mol. The molecule has 3 aromatic rings. The number of nitrogens with one attached hydrogen (secondary N) is 1. The van der Waals surface area contributed by atoms with E-state index < -0.39 is 29.3 Å². The number of pyridine rings is 1. The van der Waals surface area contributed by atoms with Crippen LogP contribution in [-0.4, -0.2) is 23.2 Å². The molecule has 0 radical (unpaired) electrons. The summed E-state index contributed by atoms with van der Waals surface area (Å²) in [5.74, 6) is -2.11. The minimum atomic E-state index is -0.895. The Morgan fingerprint density at radius 3 is 2.61 bits per heavy atom. The largest absolute Gasteiger partial charge is 0.872 e. The Kier molecular flexibility index (Phi) is 6.49. The van der Waals surface area contributed by atoms with Gasteiger partial charge in [0.15, 0.2) is 12.4 Å². The number of carbonyl (C=O) groups is 2. The van der Waals surface area contributed by atoms with Gasteiger partial charge in [0.2, 0.25) is 5.78 Å². The van der Waals surface area contributed by atoms with E-state index in [1.165, 1.54) is 17.0 Å². The number of ketones is 1. The van der Waals surface area contributed by atoms with Gasteiger partial charge in [-0.05, 0) is 47.9 Å². The average molecular weight is 446 g/mol. The van der Waals surface area contributed by atoms with Gasteiger partial charge in [-0.1, -0.05) is 36.9 Å². The van der Waals surface area contributed by atoms with Crippen LogP contribution in [0, 0.1) is 5.82 Å². The van der Waals surface area contributed by atoms with Crippen molar-refractivity contribution in [2.75, 3.05) is 6.61 Å². The van der Waals surface area contributed by atoms with Crippen molar-refractivity contribution in [2.45, 2.75) is 25.9 Å². The topological polar surface area (TPSA) is 83.8 Å². The van der Waals surface area contributed by atoms with E-state index in [0.717, 1.165) is 24.1 Å². The molecule has 33 heavy (non-hydrogen) atoms. The molecule has 1 saturated heterocycles. The lowest BCUT2D eigenvalue weighted by Crippen LogP contribution is -2.29. The molecule has 1 amide bonds. The van der Waals surface area contributed by atoms with E-state index in [0.29, 0.717) is 17.9 Å². The van der Waals surface area contributed by atoms with E-state index in [-0.39, 0.29) is 17.7 Å². The molecule has 7 heteroatoms. The maximum atomic E-state index is 13.4. The van der Waals surface area contributed by atoms with Gasteiger partial charge in [0.05, 0.1) is 19.2 Å². The molecule has 0 aliphatic carbocycles. The minimum Gasteiger partial charge on any atom is -0.872 e. The summed E-state index contributed by atoms with van der Waals surface area (Å²) in [6.07, 6.45) is 4.29. The Morgan fingerprint density at radius 1 is 1.12 bits per heavy atom. The first kappa shape index (κ1) is 22.2. The molecule has 1 aromatic heterocycles. The molecule has 1 unspecified atom stereocenters. The lowest BCUT2D eigenvalue weighted by molar-refractivity contribution is -0.378. The number of aromatic amines is 1. The second-order valence-corrected chi connectivity index (χ2v) is 7.75. The number of halogens is 1. The smallest absolute Gasteiger partial charge is 0.295 e. The molecule has 1 N–H and O–H groups in total.